The predicted molar refractivity (Wildman–Crippen MR) is 57.2 cm³/mol. The summed E-state index contributed by atoms with van der Waals surface area (Å²) in [6.45, 7) is 3.08. The SMILES string of the molecule is CCC(C)(F)C(=O)NC1CC2CCC1C2. The lowest BCUT2D eigenvalue weighted by atomic mass is 9.94. The fraction of sp³-hybridized carbons (Fsp3) is 0.917. The van der Waals surface area contributed by atoms with Gasteiger partial charge in [-0.05, 0) is 44.4 Å². The van der Waals surface area contributed by atoms with Crippen molar-refractivity contribution in [2.75, 3.05) is 0 Å². The normalized spacial score (nSPS) is 37.7. The Morgan fingerprint density at radius 2 is 2.20 bits per heavy atom. The summed E-state index contributed by atoms with van der Waals surface area (Å²) in [6.07, 6.45) is 5.07. The summed E-state index contributed by atoms with van der Waals surface area (Å²) in [4.78, 5) is 11.6. The first-order valence-corrected chi connectivity index (χ1v) is 6.03. The molecule has 86 valence electrons. The summed E-state index contributed by atoms with van der Waals surface area (Å²) >= 11 is 0. The third-order valence-electron chi connectivity index (χ3n) is 4.19. The second-order valence-corrected chi connectivity index (χ2v) is 5.31. The lowest BCUT2D eigenvalue weighted by Gasteiger charge is -2.26. The molecule has 2 fully saturated rings. The number of fused-ring (bicyclic) bond motifs is 2. The summed E-state index contributed by atoms with van der Waals surface area (Å²) in [5.74, 6) is 0.988. The summed E-state index contributed by atoms with van der Waals surface area (Å²) < 4.78 is 13.7. The second kappa shape index (κ2) is 3.76. The van der Waals surface area contributed by atoms with Crippen LogP contribution in [0.4, 0.5) is 4.39 Å². The fourth-order valence-corrected chi connectivity index (χ4v) is 2.90. The quantitative estimate of drug-likeness (QED) is 0.766. The molecule has 0 heterocycles. The van der Waals surface area contributed by atoms with Crippen molar-refractivity contribution in [1.29, 1.82) is 0 Å². The maximum absolute atomic E-state index is 13.7. The number of halogens is 1. The van der Waals surface area contributed by atoms with Gasteiger partial charge in [0.05, 0.1) is 0 Å². The molecule has 0 saturated heterocycles. The fourth-order valence-electron chi connectivity index (χ4n) is 2.90. The van der Waals surface area contributed by atoms with E-state index in [2.05, 4.69) is 5.32 Å². The minimum absolute atomic E-state index is 0.248. The van der Waals surface area contributed by atoms with Gasteiger partial charge in [0.25, 0.3) is 5.91 Å². The van der Waals surface area contributed by atoms with Crippen molar-refractivity contribution in [1.82, 2.24) is 5.32 Å². The number of hydrogen-bond acceptors (Lipinski definition) is 1. The molecule has 2 aliphatic rings. The average molecular weight is 213 g/mol. The number of carbonyl (C=O) groups excluding carboxylic acids is 1. The summed E-state index contributed by atoms with van der Waals surface area (Å²) in [7, 11) is 0. The van der Waals surface area contributed by atoms with E-state index in [9.17, 15) is 9.18 Å². The maximum atomic E-state index is 13.7. The molecule has 15 heavy (non-hydrogen) atoms. The smallest absolute Gasteiger partial charge is 0.257 e. The first kappa shape index (κ1) is 10.9. The summed E-state index contributed by atoms with van der Waals surface area (Å²) in [6, 6.07) is 0.248. The van der Waals surface area contributed by atoms with Crippen LogP contribution in [0.5, 0.6) is 0 Å². The van der Waals surface area contributed by atoms with E-state index in [1.807, 2.05) is 0 Å². The highest BCUT2D eigenvalue weighted by molar-refractivity contribution is 5.84. The zero-order chi connectivity index (χ0) is 11.1. The molecule has 4 unspecified atom stereocenters. The van der Waals surface area contributed by atoms with Gasteiger partial charge in [-0.15, -0.1) is 0 Å². The molecule has 0 aromatic heterocycles. The first-order valence-electron chi connectivity index (χ1n) is 6.03. The maximum Gasteiger partial charge on any atom is 0.257 e. The number of alkyl halides is 1. The van der Waals surface area contributed by atoms with Gasteiger partial charge < -0.3 is 5.32 Å². The monoisotopic (exact) mass is 213 g/mol. The Balaban J connectivity index is 1.90. The van der Waals surface area contributed by atoms with Gasteiger partial charge in [-0.25, -0.2) is 4.39 Å². The van der Waals surface area contributed by atoms with Crippen molar-refractivity contribution in [2.45, 2.75) is 57.7 Å². The molecule has 0 aromatic rings. The van der Waals surface area contributed by atoms with E-state index < -0.39 is 11.6 Å². The van der Waals surface area contributed by atoms with Gasteiger partial charge in [-0.1, -0.05) is 13.3 Å². The molecule has 0 radical (unpaired) electrons. The largest absolute Gasteiger partial charge is 0.350 e. The average Bonchev–Trinajstić information content (AvgIpc) is 2.79. The van der Waals surface area contributed by atoms with Crippen LogP contribution in [-0.2, 0) is 4.79 Å². The molecule has 0 aliphatic heterocycles. The Labute approximate surface area is 90.6 Å². The highest BCUT2D eigenvalue weighted by atomic mass is 19.1. The molecule has 2 nitrogen and oxygen atoms in total. The van der Waals surface area contributed by atoms with Crippen LogP contribution in [0.1, 0.15) is 46.0 Å². The number of amides is 1. The Kier molecular flexibility index (Phi) is 2.73. The molecule has 1 N–H and O–H groups in total. The Hall–Kier alpha value is -0.600. The second-order valence-electron chi connectivity index (χ2n) is 5.31. The van der Waals surface area contributed by atoms with Gasteiger partial charge in [0.1, 0.15) is 0 Å². The van der Waals surface area contributed by atoms with Crippen LogP contribution in [0.2, 0.25) is 0 Å². The van der Waals surface area contributed by atoms with Crippen LogP contribution in [0.15, 0.2) is 0 Å². The van der Waals surface area contributed by atoms with E-state index in [-0.39, 0.29) is 12.5 Å². The van der Waals surface area contributed by atoms with Gasteiger partial charge in [-0.3, -0.25) is 4.79 Å². The Morgan fingerprint density at radius 1 is 1.47 bits per heavy atom. The van der Waals surface area contributed by atoms with Gasteiger partial charge in [0.2, 0.25) is 0 Å². The standard InChI is InChI=1S/C12H20FNO/c1-3-12(2,13)11(15)14-10-7-8-4-5-9(10)6-8/h8-10H,3-7H2,1-2H3,(H,14,15). The van der Waals surface area contributed by atoms with Crippen LogP contribution in [0.3, 0.4) is 0 Å². The van der Waals surface area contributed by atoms with Gasteiger partial charge in [0, 0.05) is 6.04 Å². The van der Waals surface area contributed by atoms with Gasteiger partial charge in [0.15, 0.2) is 5.67 Å². The first-order chi connectivity index (χ1) is 7.03. The molecule has 4 atom stereocenters. The van der Waals surface area contributed by atoms with Crippen molar-refractivity contribution in [3.8, 4) is 0 Å². The topological polar surface area (TPSA) is 29.1 Å². The zero-order valence-electron chi connectivity index (χ0n) is 9.55. The highest BCUT2D eigenvalue weighted by Crippen LogP contribution is 2.44. The van der Waals surface area contributed by atoms with E-state index in [0.29, 0.717) is 5.92 Å². The predicted octanol–water partition coefficient (Wildman–Crippen LogP) is 2.43. The summed E-state index contributed by atoms with van der Waals surface area (Å²) in [5, 5.41) is 2.89. The Morgan fingerprint density at radius 3 is 2.67 bits per heavy atom. The van der Waals surface area contributed by atoms with E-state index in [4.69, 9.17) is 0 Å². The molecule has 1 amide bonds. The molecular formula is C12H20FNO. The lowest BCUT2D eigenvalue weighted by Crippen LogP contribution is -2.47. The van der Waals surface area contributed by atoms with Crippen LogP contribution in [0, 0.1) is 11.8 Å². The highest BCUT2D eigenvalue weighted by Gasteiger charge is 2.42. The van der Waals surface area contributed by atoms with Crippen LogP contribution in [-0.4, -0.2) is 17.6 Å². The molecule has 2 rings (SSSR count). The number of hydrogen-bond donors (Lipinski definition) is 1. The third-order valence-corrected chi connectivity index (χ3v) is 4.19. The van der Waals surface area contributed by atoms with Crippen molar-refractivity contribution in [3.05, 3.63) is 0 Å². The van der Waals surface area contributed by atoms with Crippen molar-refractivity contribution in [3.63, 3.8) is 0 Å². The molecule has 3 heteroatoms. The number of nitrogens with one attached hydrogen (secondary N) is 1. The van der Waals surface area contributed by atoms with E-state index >= 15 is 0 Å². The zero-order valence-corrected chi connectivity index (χ0v) is 9.55. The van der Waals surface area contributed by atoms with E-state index in [0.717, 1.165) is 12.3 Å². The van der Waals surface area contributed by atoms with Crippen molar-refractivity contribution in [2.24, 2.45) is 11.8 Å². The molecule has 2 aliphatic carbocycles. The van der Waals surface area contributed by atoms with Crippen LogP contribution in [0.25, 0.3) is 0 Å². The molecule has 2 saturated carbocycles. The molecule has 0 aromatic carbocycles. The molecular weight excluding hydrogens is 193 g/mol. The third kappa shape index (κ3) is 2.01. The lowest BCUT2D eigenvalue weighted by molar-refractivity contribution is -0.133. The van der Waals surface area contributed by atoms with E-state index in [1.54, 1.807) is 6.92 Å². The van der Waals surface area contributed by atoms with Crippen molar-refractivity contribution >= 4 is 5.91 Å². The van der Waals surface area contributed by atoms with Crippen molar-refractivity contribution < 1.29 is 9.18 Å². The minimum atomic E-state index is -1.69. The van der Waals surface area contributed by atoms with Gasteiger partial charge >= 0.3 is 0 Å². The van der Waals surface area contributed by atoms with Gasteiger partial charge in [-0.2, -0.15) is 0 Å². The Bertz CT molecular complexity index is 264. The van der Waals surface area contributed by atoms with Crippen LogP contribution >= 0.6 is 0 Å². The van der Waals surface area contributed by atoms with Crippen LogP contribution < -0.4 is 5.32 Å². The number of carbonyl (C=O) groups is 1. The van der Waals surface area contributed by atoms with E-state index in [1.165, 1.54) is 26.2 Å². The molecule has 2 bridgehead atoms. The number of rotatable bonds is 3. The summed E-state index contributed by atoms with van der Waals surface area (Å²) in [5.41, 5.74) is -1.69. The minimum Gasteiger partial charge on any atom is -0.350 e. The molecule has 0 spiro atoms.